The van der Waals surface area contributed by atoms with E-state index in [0.717, 1.165) is 11.6 Å². The zero-order valence-corrected chi connectivity index (χ0v) is 9.63. The Labute approximate surface area is 85.3 Å². The van der Waals surface area contributed by atoms with E-state index in [2.05, 4.69) is 49.8 Å². The predicted octanol–water partition coefficient (Wildman–Crippen LogP) is 1.97. The van der Waals surface area contributed by atoms with Crippen LogP contribution >= 0.6 is 0 Å². The van der Waals surface area contributed by atoms with Crippen LogP contribution in [0.4, 0.5) is 0 Å². The topological polar surface area (TPSA) is 67.6 Å². The van der Waals surface area contributed by atoms with Crippen molar-refractivity contribution in [1.29, 1.82) is 0 Å². The van der Waals surface area contributed by atoms with E-state index in [0.29, 0.717) is 5.92 Å². The lowest BCUT2D eigenvalue weighted by Gasteiger charge is -2.24. The van der Waals surface area contributed by atoms with Crippen molar-refractivity contribution in [2.45, 2.75) is 46.6 Å². The lowest BCUT2D eigenvalue weighted by atomic mass is 9.87. The minimum absolute atomic E-state index is 0.00772. The predicted molar refractivity (Wildman–Crippen MR) is 56.9 cm³/mol. The van der Waals surface area contributed by atoms with E-state index < -0.39 is 0 Å². The molecule has 0 aliphatic rings. The molecule has 0 amide bonds. The normalized spacial score (nSPS) is 14.8. The lowest BCUT2D eigenvalue weighted by Crippen LogP contribution is -2.27. The molecule has 0 saturated heterocycles. The van der Waals surface area contributed by atoms with Gasteiger partial charge in [0, 0.05) is 5.92 Å². The summed E-state index contributed by atoms with van der Waals surface area (Å²) in [5.74, 6) is 1.95. The van der Waals surface area contributed by atoms with Gasteiger partial charge in [0.1, 0.15) is 5.82 Å². The van der Waals surface area contributed by atoms with Crippen LogP contribution in [-0.2, 0) is 0 Å². The van der Waals surface area contributed by atoms with E-state index in [9.17, 15) is 0 Å². The molecule has 14 heavy (non-hydrogen) atoms. The molecule has 1 rings (SSSR count). The van der Waals surface area contributed by atoms with Crippen LogP contribution in [0.3, 0.4) is 0 Å². The number of aromatic nitrogens is 3. The van der Waals surface area contributed by atoms with Crippen molar-refractivity contribution in [3.05, 3.63) is 11.6 Å². The fourth-order valence-corrected chi connectivity index (χ4v) is 1.10. The van der Waals surface area contributed by atoms with Gasteiger partial charge in [-0.25, -0.2) is 4.98 Å². The number of aromatic amines is 1. The smallest absolute Gasteiger partial charge is 0.153 e. The maximum atomic E-state index is 6.05. The van der Waals surface area contributed by atoms with Crippen molar-refractivity contribution in [3.63, 3.8) is 0 Å². The summed E-state index contributed by atoms with van der Waals surface area (Å²) in [5.41, 5.74) is 6.06. The average Bonchev–Trinajstić information content (AvgIpc) is 2.48. The van der Waals surface area contributed by atoms with Gasteiger partial charge in [0.2, 0.25) is 0 Å². The molecule has 80 valence electrons. The van der Waals surface area contributed by atoms with Crippen LogP contribution in [0.25, 0.3) is 0 Å². The first kappa shape index (κ1) is 11.2. The van der Waals surface area contributed by atoms with E-state index in [1.54, 1.807) is 0 Å². The van der Waals surface area contributed by atoms with Crippen molar-refractivity contribution in [1.82, 2.24) is 15.2 Å². The van der Waals surface area contributed by atoms with Crippen molar-refractivity contribution >= 4 is 0 Å². The zero-order valence-electron chi connectivity index (χ0n) is 9.63. The molecule has 0 radical (unpaired) electrons. The summed E-state index contributed by atoms with van der Waals surface area (Å²) in [6.45, 7) is 10.4. The standard InChI is InChI=1S/C10H20N4/c1-6(2)8-12-9(14-13-8)7(11)10(3,4)5/h6-7H,11H2,1-5H3,(H,12,13,14)/t7-/m1/s1. The third-order valence-electron chi connectivity index (χ3n) is 2.26. The quantitative estimate of drug-likeness (QED) is 0.760. The van der Waals surface area contributed by atoms with Gasteiger partial charge >= 0.3 is 0 Å². The summed E-state index contributed by atoms with van der Waals surface area (Å²) in [6.07, 6.45) is 0. The second kappa shape index (κ2) is 3.69. The molecule has 1 heterocycles. The minimum atomic E-state index is -0.0949. The maximum Gasteiger partial charge on any atom is 0.153 e. The van der Waals surface area contributed by atoms with Crippen molar-refractivity contribution in [3.8, 4) is 0 Å². The van der Waals surface area contributed by atoms with E-state index in [1.165, 1.54) is 0 Å². The molecule has 0 aliphatic carbocycles. The van der Waals surface area contributed by atoms with Crippen molar-refractivity contribution < 1.29 is 0 Å². The number of nitrogens with one attached hydrogen (secondary N) is 1. The van der Waals surface area contributed by atoms with Crippen LogP contribution in [0.1, 0.15) is 58.2 Å². The molecule has 4 nitrogen and oxygen atoms in total. The minimum Gasteiger partial charge on any atom is -0.321 e. The fourth-order valence-electron chi connectivity index (χ4n) is 1.10. The molecule has 0 aromatic carbocycles. The Morgan fingerprint density at radius 2 is 1.86 bits per heavy atom. The molecule has 1 atom stereocenters. The van der Waals surface area contributed by atoms with Crippen LogP contribution < -0.4 is 5.73 Å². The summed E-state index contributed by atoms with van der Waals surface area (Å²) in [4.78, 5) is 4.38. The van der Waals surface area contributed by atoms with Gasteiger partial charge in [-0.05, 0) is 5.41 Å². The molecule has 0 bridgehead atoms. The molecule has 1 aromatic heterocycles. The second-order valence-electron chi connectivity index (χ2n) is 5.08. The number of H-pyrrole nitrogens is 1. The highest BCUT2D eigenvalue weighted by Crippen LogP contribution is 2.28. The molecule has 3 N–H and O–H groups in total. The summed E-state index contributed by atoms with van der Waals surface area (Å²) >= 11 is 0. The lowest BCUT2D eigenvalue weighted by molar-refractivity contribution is 0.315. The van der Waals surface area contributed by atoms with Gasteiger partial charge in [-0.3, -0.25) is 5.10 Å². The molecular formula is C10H20N4. The number of rotatable bonds is 2. The SMILES string of the molecule is CC(C)c1n[nH]c([C@@H](N)C(C)(C)C)n1. The Balaban J connectivity index is 2.87. The van der Waals surface area contributed by atoms with Gasteiger partial charge < -0.3 is 5.73 Å². The maximum absolute atomic E-state index is 6.05. The molecule has 0 spiro atoms. The van der Waals surface area contributed by atoms with Gasteiger partial charge in [-0.1, -0.05) is 34.6 Å². The molecule has 0 fully saturated rings. The Bertz CT molecular complexity index is 295. The molecule has 0 aliphatic heterocycles. The summed E-state index contributed by atoms with van der Waals surface area (Å²) < 4.78 is 0. The van der Waals surface area contributed by atoms with E-state index in [1.807, 2.05) is 0 Å². The molecule has 4 heteroatoms. The van der Waals surface area contributed by atoms with Crippen LogP contribution in [0.5, 0.6) is 0 Å². The van der Waals surface area contributed by atoms with Gasteiger partial charge in [0.15, 0.2) is 5.82 Å². The first-order chi connectivity index (χ1) is 6.32. The van der Waals surface area contributed by atoms with Crippen molar-refractivity contribution in [2.24, 2.45) is 11.1 Å². The Morgan fingerprint density at radius 3 is 2.21 bits per heavy atom. The molecular weight excluding hydrogens is 176 g/mol. The van der Waals surface area contributed by atoms with Gasteiger partial charge in [0.25, 0.3) is 0 Å². The van der Waals surface area contributed by atoms with Crippen LogP contribution in [-0.4, -0.2) is 15.2 Å². The summed E-state index contributed by atoms with van der Waals surface area (Å²) in [7, 11) is 0. The monoisotopic (exact) mass is 196 g/mol. The van der Waals surface area contributed by atoms with E-state index in [-0.39, 0.29) is 11.5 Å². The third-order valence-corrected chi connectivity index (χ3v) is 2.26. The third kappa shape index (κ3) is 2.32. The second-order valence-corrected chi connectivity index (χ2v) is 5.08. The number of nitrogens with two attached hydrogens (primary N) is 1. The largest absolute Gasteiger partial charge is 0.321 e. The Hall–Kier alpha value is -0.900. The zero-order chi connectivity index (χ0) is 10.9. The highest BCUT2D eigenvalue weighted by atomic mass is 15.2. The van der Waals surface area contributed by atoms with Crippen molar-refractivity contribution in [2.75, 3.05) is 0 Å². The summed E-state index contributed by atoms with van der Waals surface area (Å²) in [5, 5.41) is 7.04. The number of hydrogen-bond acceptors (Lipinski definition) is 3. The van der Waals surface area contributed by atoms with Crippen LogP contribution in [0, 0.1) is 5.41 Å². The van der Waals surface area contributed by atoms with Gasteiger partial charge in [-0.15, -0.1) is 0 Å². The van der Waals surface area contributed by atoms with Gasteiger partial charge in [-0.2, -0.15) is 5.10 Å². The number of nitrogens with zero attached hydrogens (tertiary/aromatic N) is 2. The fraction of sp³-hybridized carbons (Fsp3) is 0.800. The first-order valence-electron chi connectivity index (χ1n) is 5.00. The highest BCUT2D eigenvalue weighted by Gasteiger charge is 2.25. The van der Waals surface area contributed by atoms with Gasteiger partial charge in [0.05, 0.1) is 6.04 Å². The summed E-state index contributed by atoms with van der Waals surface area (Å²) in [6, 6.07) is -0.0949. The van der Waals surface area contributed by atoms with E-state index in [4.69, 9.17) is 5.73 Å². The molecule has 1 aromatic rings. The highest BCUT2D eigenvalue weighted by molar-refractivity contribution is 5.02. The molecule has 0 unspecified atom stereocenters. The first-order valence-corrected chi connectivity index (χ1v) is 5.00. The van der Waals surface area contributed by atoms with Crippen LogP contribution in [0.15, 0.2) is 0 Å². The Kier molecular flexibility index (Phi) is 2.95. The van der Waals surface area contributed by atoms with Crippen LogP contribution in [0.2, 0.25) is 0 Å². The molecule has 0 saturated carbocycles. The van der Waals surface area contributed by atoms with E-state index >= 15 is 0 Å². The Morgan fingerprint density at radius 1 is 1.29 bits per heavy atom. The average molecular weight is 196 g/mol. The number of hydrogen-bond donors (Lipinski definition) is 2.